The van der Waals surface area contributed by atoms with E-state index in [2.05, 4.69) is 21.3 Å². The Morgan fingerprint density at radius 3 is 1.56 bits per heavy atom. The molecule has 1 aromatic carbocycles. The van der Waals surface area contributed by atoms with Gasteiger partial charge in [-0.3, -0.25) is 4.79 Å². The highest BCUT2D eigenvalue weighted by Gasteiger charge is 2.29. The molecule has 13 heteroatoms. The number of ether oxygens (including phenoxy) is 4. The van der Waals surface area contributed by atoms with Gasteiger partial charge in [-0.15, -0.1) is 0 Å². The fourth-order valence-electron chi connectivity index (χ4n) is 4.20. The third-order valence-electron chi connectivity index (χ3n) is 6.26. The van der Waals surface area contributed by atoms with Crippen LogP contribution >= 0.6 is 0 Å². The summed E-state index contributed by atoms with van der Waals surface area (Å²) >= 11 is 0. The van der Waals surface area contributed by atoms with Crippen molar-refractivity contribution in [3.05, 3.63) is 35.9 Å². The van der Waals surface area contributed by atoms with Gasteiger partial charge in [-0.25, -0.2) is 19.2 Å². The molecule has 13 nitrogen and oxygen atoms in total. The summed E-state index contributed by atoms with van der Waals surface area (Å²) in [6.07, 6.45) is 1.55. The van der Waals surface area contributed by atoms with Crippen LogP contribution in [0.15, 0.2) is 30.3 Å². The van der Waals surface area contributed by atoms with E-state index in [0.29, 0.717) is 45.2 Å². The second-order valence-corrected chi connectivity index (χ2v) is 14.6. The molecule has 2 atom stereocenters. The van der Waals surface area contributed by atoms with Crippen molar-refractivity contribution in [1.29, 1.82) is 0 Å². The minimum absolute atomic E-state index is 0.0309. The lowest BCUT2D eigenvalue weighted by atomic mass is 10.1. The van der Waals surface area contributed by atoms with Crippen LogP contribution in [-0.2, 0) is 35.1 Å². The van der Waals surface area contributed by atoms with Crippen LogP contribution in [0.25, 0.3) is 0 Å². The van der Waals surface area contributed by atoms with Crippen LogP contribution in [0, 0.1) is 0 Å². The average molecular weight is 679 g/mol. The highest BCUT2D eigenvalue weighted by molar-refractivity contribution is 5.89. The molecule has 0 aromatic heterocycles. The molecule has 272 valence electrons. The van der Waals surface area contributed by atoms with E-state index < -0.39 is 59.0 Å². The fourth-order valence-corrected chi connectivity index (χ4v) is 4.20. The number of rotatable bonds is 17. The highest BCUT2D eigenvalue weighted by atomic mass is 16.6. The van der Waals surface area contributed by atoms with E-state index >= 15 is 0 Å². The number of alkyl carbamates (subject to hydrolysis) is 3. The number of hydrogen-bond acceptors (Lipinski definition) is 9. The van der Waals surface area contributed by atoms with Crippen molar-refractivity contribution in [3.63, 3.8) is 0 Å². The van der Waals surface area contributed by atoms with Gasteiger partial charge in [0.15, 0.2) is 0 Å². The zero-order chi connectivity index (χ0) is 36.4. The predicted octanol–water partition coefficient (Wildman–Crippen LogP) is 5.89. The summed E-state index contributed by atoms with van der Waals surface area (Å²) in [5.74, 6) is -1.17. The first kappa shape index (κ1) is 42.0. The number of esters is 1. The number of hydrogen-bond donors (Lipinski definition) is 4. The molecule has 1 rings (SSSR count). The van der Waals surface area contributed by atoms with Crippen molar-refractivity contribution in [3.8, 4) is 0 Å². The standard InChI is InChI=1S/C35H58N4O9/c1-33(2,3)46-30(42)36-22-16-11-14-20-26(39-32(44)48-35(7,8)9)28(40)38-27(29(41)45-24-25-18-12-10-13-19-25)21-15-17-23-37-31(43)47-34(4,5)6/h10,12-13,18-19,26-27H,11,14-17,20-24H2,1-9H3,(H,36,42)(H,37,43)(H,38,40)(H,39,44)/t26-,27-/m0/s1. The van der Waals surface area contributed by atoms with Gasteiger partial charge in [0.05, 0.1) is 0 Å². The second-order valence-electron chi connectivity index (χ2n) is 14.6. The third-order valence-corrected chi connectivity index (χ3v) is 6.26. The lowest BCUT2D eigenvalue weighted by Gasteiger charge is -2.25. The molecule has 0 aliphatic rings. The summed E-state index contributed by atoms with van der Waals surface area (Å²) < 4.78 is 21.4. The van der Waals surface area contributed by atoms with Crippen LogP contribution in [0.2, 0.25) is 0 Å². The first-order chi connectivity index (χ1) is 22.2. The van der Waals surface area contributed by atoms with Gasteiger partial charge in [-0.05, 0) is 100.0 Å². The van der Waals surface area contributed by atoms with Crippen molar-refractivity contribution in [2.45, 2.75) is 143 Å². The first-order valence-electron chi connectivity index (χ1n) is 16.7. The Labute approximate surface area is 285 Å². The minimum atomic E-state index is -0.997. The molecular formula is C35H58N4O9. The molecule has 1 aromatic rings. The number of carbonyl (C=O) groups is 5. The topological polar surface area (TPSA) is 170 Å². The summed E-state index contributed by atoms with van der Waals surface area (Å²) in [7, 11) is 0. The molecule has 48 heavy (non-hydrogen) atoms. The van der Waals surface area contributed by atoms with Gasteiger partial charge in [-0.2, -0.15) is 0 Å². The molecule has 0 spiro atoms. The Kier molecular flexibility index (Phi) is 17.8. The molecule has 0 saturated heterocycles. The Morgan fingerprint density at radius 1 is 0.583 bits per heavy atom. The maximum atomic E-state index is 13.6. The summed E-state index contributed by atoms with van der Waals surface area (Å²) in [6.45, 7) is 16.6. The van der Waals surface area contributed by atoms with Crippen molar-refractivity contribution >= 4 is 30.2 Å². The van der Waals surface area contributed by atoms with E-state index in [-0.39, 0.29) is 19.4 Å². The second kappa shape index (κ2) is 20.4. The fraction of sp³-hybridized carbons (Fsp3) is 0.686. The Balaban J connectivity index is 2.87. The van der Waals surface area contributed by atoms with Crippen LogP contribution < -0.4 is 21.3 Å². The maximum absolute atomic E-state index is 13.6. The van der Waals surface area contributed by atoms with Gasteiger partial charge in [0.1, 0.15) is 35.5 Å². The van der Waals surface area contributed by atoms with E-state index in [1.54, 1.807) is 62.3 Å². The van der Waals surface area contributed by atoms with Gasteiger partial charge in [0, 0.05) is 13.1 Å². The lowest BCUT2D eigenvalue weighted by Crippen LogP contribution is -2.52. The molecule has 0 heterocycles. The van der Waals surface area contributed by atoms with E-state index in [1.165, 1.54) is 0 Å². The number of amides is 4. The summed E-state index contributed by atoms with van der Waals surface area (Å²) in [6, 6.07) is 7.19. The van der Waals surface area contributed by atoms with Gasteiger partial charge in [0.25, 0.3) is 0 Å². The molecule has 0 fully saturated rings. The van der Waals surface area contributed by atoms with Gasteiger partial charge < -0.3 is 40.2 Å². The first-order valence-corrected chi connectivity index (χ1v) is 16.7. The number of unbranched alkanes of at least 4 members (excludes halogenated alkanes) is 3. The molecular weight excluding hydrogens is 620 g/mol. The quantitative estimate of drug-likeness (QED) is 0.0892. The number of benzene rings is 1. The molecule has 0 radical (unpaired) electrons. The SMILES string of the molecule is CC(C)(C)OC(=O)NCCCCC[C@H](NC(=O)OC(C)(C)C)C(=O)N[C@@H](CCCCNC(=O)OC(C)(C)C)C(=O)OCc1ccccc1. The molecule has 0 saturated carbocycles. The Hall–Kier alpha value is -4.03. The maximum Gasteiger partial charge on any atom is 0.408 e. The number of carbonyl (C=O) groups excluding carboxylic acids is 5. The Bertz CT molecular complexity index is 1160. The van der Waals surface area contributed by atoms with Crippen LogP contribution in [0.3, 0.4) is 0 Å². The predicted molar refractivity (Wildman–Crippen MR) is 182 cm³/mol. The van der Waals surface area contributed by atoms with Gasteiger partial charge >= 0.3 is 24.2 Å². The minimum Gasteiger partial charge on any atom is -0.459 e. The summed E-state index contributed by atoms with van der Waals surface area (Å²) in [5, 5.41) is 10.8. The van der Waals surface area contributed by atoms with Crippen molar-refractivity contribution in [2.24, 2.45) is 0 Å². The molecule has 0 aliphatic heterocycles. The normalized spacial score (nSPS) is 12.9. The largest absolute Gasteiger partial charge is 0.459 e. The van der Waals surface area contributed by atoms with E-state index in [0.717, 1.165) is 5.56 Å². The smallest absolute Gasteiger partial charge is 0.408 e. The zero-order valence-electron chi connectivity index (χ0n) is 30.3. The molecule has 0 aliphatic carbocycles. The zero-order valence-corrected chi connectivity index (χ0v) is 30.3. The van der Waals surface area contributed by atoms with Crippen molar-refractivity contribution in [2.75, 3.05) is 13.1 Å². The molecule has 0 unspecified atom stereocenters. The van der Waals surface area contributed by atoms with E-state index in [9.17, 15) is 24.0 Å². The number of nitrogens with one attached hydrogen (secondary N) is 4. The third kappa shape index (κ3) is 21.7. The monoisotopic (exact) mass is 678 g/mol. The molecule has 4 N–H and O–H groups in total. The van der Waals surface area contributed by atoms with Crippen molar-refractivity contribution < 1.29 is 42.9 Å². The van der Waals surface area contributed by atoms with Gasteiger partial charge in [0.2, 0.25) is 5.91 Å². The van der Waals surface area contributed by atoms with Crippen molar-refractivity contribution in [1.82, 2.24) is 21.3 Å². The summed E-state index contributed by atoms with van der Waals surface area (Å²) in [5.41, 5.74) is -1.21. The molecule has 4 amide bonds. The van der Waals surface area contributed by atoms with Crippen LogP contribution in [0.1, 0.15) is 113 Å². The Morgan fingerprint density at radius 2 is 1.04 bits per heavy atom. The van der Waals surface area contributed by atoms with Crippen LogP contribution in [-0.4, -0.2) is 72.1 Å². The lowest BCUT2D eigenvalue weighted by molar-refractivity contribution is -0.149. The summed E-state index contributed by atoms with van der Waals surface area (Å²) in [4.78, 5) is 63.3. The van der Waals surface area contributed by atoms with Gasteiger partial charge in [-0.1, -0.05) is 43.2 Å². The van der Waals surface area contributed by atoms with E-state index in [4.69, 9.17) is 18.9 Å². The van der Waals surface area contributed by atoms with Crippen LogP contribution in [0.4, 0.5) is 14.4 Å². The van der Waals surface area contributed by atoms with E-state index in [1.807, 2.05) is 30.3 Å². The highest BCUT2D eigenvalue weighted by Crippen LogP contribution is 2.12. The average Bonchev–Trinajstić information content (AvgIpc) is 2.93. The van der Waals surface area contributed by atoms with Crippen LogP contribution in [0.5, 0.6) is 0 Å². The molecule has 0 bridgehead atoms.